The lowest BCUT2D eigenvalue weighted by atomic mass is 9.78. The number of hydrogen-bond acceptors (Lipinski definition) is 1. The summed E-state index contributed by atoms with van der Waals surface area (Å²) in [4.78, 5) is 10.8. The molecule has 0 amide bonds. The van der Waals surface area contributed by atoms with Gasteiger partial charge in [0.15, 0.2) is 0 Å². The van der Waals surface area contributed by atoms with Crippen LogP contribution in [0.15, 0.2) is 30.3 Å². The summed E-state index contributed by atoms with van der Waals surface area (Å²) in [7, 11) is 5.59. The normalized spacial score (nSPS) is 12.5. The Morgan fingerprint density at radius 3 is 2.36 bits per heavy atom. The lowest BCUT2D eigenvalue weighted by molar-refractivity contribution is -0.116. The smallest absolute Gasteiger partial charge is 0.128 e. The van der Waals surface area contributed by atoms with E-state index in [2.05, 4.69) is 0 Å². The fourth-order valence-corrected chi connectivity index (χ4v) is 0.895. The van der Waals surface area contributed by atoms with Gasteiger partial charge < -0.3 is 4.79 Å². The van der Waals surface area contributed by atoms with Gasteiger partial charge in [-0.1, -0.05) is 30.3 Å². The van der Waals surface area contributed by atoms with Crippen LogP contribution in [0.5, 0.6) is 0 Å². The average molecular weight is 144 g/mol. The maximum absolute atomic E-state index is 10.8. The van der Waals surface area contributed by atoms with Crippen molar-refractivity contribution in [2.24, 2.45) is 0 Å². The highest BCUT2D eigenvalue weighted by Crippen LogP contribution is 2.11. The zero-order chi connectivity index (χ0) is 8.27. The minimum atomic E-state index is -0.462. The standard InChI is InChI=1S/C9H9BO/c1-7(11)9(10)8-5-3-2-4-6-8/h2-6,9H,1H3. The molecule has 0 aliphatic rings. The van der Waals surface area contributed by atoms with Crippen LogP contribution in [0.4, 0.5) is 0 Å². The van der Waals surface area contributed by atoms with Crippen LogP contribution in [0.25, 0.3) is 0 Å². The van der Waals surface area contributed by atoms with Crippen molar-refractivity contribution in [3.05, 3.63) is 35.9 Å². The van der Waals surface area contributed by atoms with Gasteiger partial charge in [0.2, 0.25) is 0 Å². The van der Waals surface area contributed by atoms with Crippen molar-refractivity contribution >= 4 is 13.6 Å². The maximum Gasteiger partial charge on any atom is 0.128 e. The molecule has 0 spiro atoms. The molecule has 1 aromatic rings. The predicted octanol–water partition coefficient (Wildman–Crippen LogP) is 1.49. The fraction of sp³-hybridized carbons (Fsp3) is 0.222. The Bertz CT molecular complexity index is 243. The van der Waals surface area contributed by atoms with Gasteiger partial charge in [-0.3, -0.25) is 0 Å². The van der Waals surface area contributed by atoms with Crippen LogP contribution >= 0.6 is 0 Å². The van der Waals surface area contributed by atoms with E-state index in [-0.39, 0.29) is 5.78 Å². The third-order valence-electron chi connectivity index (χ3n) is 1.60. The Balaban J connectivity index is 2.85. The van der Waals surface area contributed by atoms with Crippen molar-refractivity contribution in [3.8, 4) is 0 Å². The van der Waals surface area contributed by atoms with Gasteiger partial charge >= 0.3 is 0 Å². The second-order valence-corrected chi connectivity index (χ2v) is 2.50. The van der Waals surface area contributed by atoms with Crippen LogP contribution in [0.1, 0.15) is 18.3 Å². The number of carbonyl (C=O) groups excluding carboxylic acids is 1. The Labute approximate surface area is 67.8 Å². The summed E-state index contributed by atoms with van der Waals surface area (Å²) in [5.74, 6) is -0.465. The number of hydrogen-bond donors (Lipinski definition) is 0. The zero-order valence-corrected chi connectivity index (χ0v) is 6.45. The molecule has 0 aliphatic carbocycles. The minimum Gasteiger partial charge on any atom is -0.300 e. The van der Waals surface area contributed by atoms with Crippen molar-refractivity contribution in [1.82, 2.24) is 0 Å². The summed E-state index contributed by atoms with van der Waals surface area (Å²) in [6, 6.07) is 9.35. The van der Waals surface area contributed by atoms with Crippen LogP contribution in [-0.4, -0.2) is 13.6 Å². The molecular weight excluding hydrogens is 135 g/mol. The molecular formula is C9H9BO. The highest BCUT2D eigenvalue weighted by molar-refractivity contribution is 6.24. The Morgan fingerprint density at radius 2 is 1.91 bits per heavy atom. The van der Waals surface area contributed by atoms with Crippen molar-refractivity contribution in [1.29, 1.82) is 0 Å². The molecule has 0 heterocycles. The molecule has 0 bridgehead atoms. The summed E-state index contributed by atoms with van der Waals surface area (Å²) < 4.78 is 0. The topological polar surface area (TPSA) is 17.1 Å². The first kappa shape index (κ1) is 8.06. The number of carbonyl (C=O) groups is 1. The quantitative estimate of drug-likeness (QED) is 0.574. The molecule has 0 saturated carbocycles. The molecule has 0 N–H and O–H groups in total. The molecule has 1 atom stereocenters. The van der Waals surface area contributed by atoms with Crippen LogP contribution < -0.4 is 0 Å². The zero-order valence-electron chi connectivity index (χ0n) is 6.45. The molecule has 1 aromatic carbocycles. The van der Waals surface area contributed by atoms with Crippen LogP contribution in [-0.2, 0) is 4.79 Å². The second kappa shape index (κ2) is 3.38. The molecule has 0 aliphatic heterocycles. The SMILES string of the molecule is [B]C(C(C)=O)c1ccccc1. The predicted molar refractivity (Wildman–Crippen MR) is 45.6 cm³/mol. The number of Topliss-reactive ketones (excluding diaryl/α,β-unsaturated/α-hetero) is 1. The van der Waals surface area contributed by atoms with E-state index >= 15 is 0 Å². The summed E-state index contributed by atoms with van der Waals surface area (Å²) in [6.45, 7) is 1.50. The van der Waals surface area contributed by atoms with Gasteiger partial charge in [-0.15, -0.1) is 0 Å². The third-order valence-corrected chi connectivity index (χ3v) is 1.60. The largest absolute Gasteiger partial charge is 0.300 e. The first-order valence-corrected chi connectivity index (χ1v) is 3.53. The molecule has 2 radical (unpaired) electrons. The molecule has 11 heavy (non-hydrogen) atoms. The third kappa shape index (κ3) is 1.94. The van der Waals surface area contributed by atoms with E-state index in [0.29, 0.717) is 0 Å². The van der Waals surface area contributed by atoms with Crippen molar-refractivity contribution in [2.75, 3.05) is 0 Å². The number of ketones is 1. The van der Waals surface area contributed by atoms with Crippen molar-refractivity contribution in [2.45, 2.75) is 12.7 Å². The molecule has 0 saturated heterocycles. The van der Waals surface area contributed by atoms with Gasteiger partial charge in [0.1, 0.15) is 5.78 Å². The minimum absolute atomic E-state index is 0.00352. The van der Waals surface area contributed by atoms with Crippen molar-refractivity contribution in [3.63, 3.8) is 0 Å². The van der Waals surface area contributed by atoms with E-state index in [1.165, 1.54) is 6.92 Å². The lowest BCUT2D eigenvalue weighted by Crippen LogP contribution is -2.07. The van der Waals surface area contributed by atoms with E-state index in [0.717, 1.165) is 5.56 Å². The van der Waals surface area contributed by atoms with Gasteiger partial charge in [-0.05, 0) is 12.5 Å². The molecule has 54 valence electrons. The summed E-state index contributed by atoms with van der Waals surface area (Å²) in [6.07, 6.45) is 0. The molecule has 0 fully saturated rings. The van der Waals surface area contributed by atoms with Gasteiger partial charge in [0.05, 0.1) is 7.85 Å². The lowest BCUT2D eigenvalue weighted by Gasteiger charge is -2.06. The maximum atomic E-state index is 10.8. The van der Waals surface area contributed by atoms with E-state index in [1.807, 2.05) is 30.3 Å². The average Bonchev–Trinajstić information content (AvgIpc) is 2.05. The van der Waals surface area contributed by atoms with Crippen LogP contribution in [0.3, 0.4) is 0 Å². The highest BCUT2D eigenvalue weighted by Gasteiger charge is 2.07. The number of rotatable bonds is 2. The summed E-state index contributed by atoms with van der Waals surface area (Å²) in [5.41, 5.74) is 0.875. The summed E-state index contributed by atoms with van der Waals surface area (Å²) >= 11 is 0. The molecule has 1 unspecified atom stereocenters. The highest BCUT2D eigenvalue weighted by atomic mass is 16.1. The monoisotopic (exact) mass is 144 g/mol. The van der Waals surface area contributed by atoms with E-state index in [1.54, 1.807) is 0 Å². The molecule has 2 heteroatoms. The Hall–Kier alpha value is -1.05. The molecule has 1 rings (SSSR count). The van der Waals surface area contributed by atoms with Crippen LogP contribution in [0.2, 0.25) is 0 Å². The second-order valence-electron chi connectivity index (χ2n) is 2.50. The van der Waals surface area contributed by atoms with E-state index < -0.39 is 5.82 Å². The first-order chi connectivity index (χ1) is 5.22. The van der Waals surface area contributed by atoms with Gasteiger partial charge in [-0.2, -0.15) is 0 Å². The fourth-order valence-electron chi connectivity index (χ4n) is 0.895. The van der Waals surface area contributed by atoms with Gasteiger partial charge in [0, 0.05) is 5.82 Å². The summed E-state index contributed by atoms with van der Waals surface area (Å²) in [5, 5.41) is 0. The Kier molecular flexibility index (Phi) is 2.47. The van der Waals surface area contributed by atoms with E-state index in [9.17, 15) is 4.79 Å². The van der Waals surface area contributed by atoms with Gasteiger partial charge in [-0.25, -0.2) is 0 Å². The Morgan fingerprint density at radius 1 is 1.36 bits per heavy atom. The number of benzene rings is 1. The van der Waals surface area contributed by atoms with Crippen LogP contribution in [0, 0.1) is 0 Å². The molecule has 0 aromatic heterocycles. The van der Waals surface area contributed by atoms with Gasteiger partial charge in [0.25, 0.3) is 0 Å². The van der Waals surface area contributed by atoms with E-state index in [4.69, 9.17) is 7.85 Å². The van der Waals surface area contributed by atoms with Crippen molar-refractivity contribution < 1.29 is 4.79 Å². The first-order valence-electron chi connectivity index (χ1n) is 3.53. The molecule has 1 nitrogen and oxygen atoms in total.